The SMILES string of the molecule is CCCCC#Cc1cc2c3c(cccc3c1)C(=O)OC2=O. The van der Waals surface area contributed by atoms with Crippen molar-refractivity contribution in [2.75, 3.05) is 0 Å². The van der Waals surface area contributed by atoms with Gasteiger partial charge in [-0.1, -0.05) is 37.3 Å². The van der Waals surface area contributed by atoms with Crippen LogP contribution in [0.15, 0.2) is 30.3 Å². The number of benzene rings is 2. The maximum Gasteiger partial charge on any atom is 0.346 e. The van der Waals surface area contributed by atoms with Crippen molar-refractivity contribution in [1.82, 2.24) is 0 Å². The molecule has 0 aliphatic carbocycles. The Bertz CT molecular complexity index is 806. The molecule has 1 aliphatic heterocycles. The first-order valence-corrected chi connectivity index (χ1v) is 7.03. The Labute approximate surface area is 122 Å². The Kier molecular flexibility index (Phi) is 3.45. The molecule has 3 heteroatoms. The first-order valence-electron chi connectivity index (χ1n) is 7.03. The minimum Gasteiger partial charge on any atom is -0.386 e. The zero-order chi connectivity index (χ0) is 14.8. The number of hydrogen-bond acceptors (Lipinski definition) is 3. The average molecular weight is 278 g/mol. The monoisotopic (exact) mass is 278 g/mol. The number of hydrogen-bond donors (Lipinski definition) is 0. The predicted octanol–water partition coefficient (Wildman–Crippen LogP) is 3.69. The van der Waals surface area contributed by atoms with Gasteiger partial charge in [0.15, 0.2) is 0 Å². The standard InChI is InChI=1S/C18H14O3/c1-2-3-4-5-7-12-10-13-8-6-9-14-16(13)15(11-12)18(20)21-17(14)19/h6,8-11H,2-4H2,1H3. The second-order valence-corrected chi connectivity index (χ2v) is 5.01. The van der Waals surface area contributed by atoms with Crippen molar-refractivity contribution in [3.8, 4) is 11.8 Å². The number of rotatable bonds is 2. The zero-order valence-corrected chi connectivity index (χ0v) is 11.7. The van der Waals surface area contributed by atoms with Crippen molar-refractivity contribution >= 4 is 22.7 Å². The van der Waals surface area contributed by atoms with Crippen LogP contribution >= 0.6 is 0 Å². The molecule has 2 aromatic rings. The summed E-state index contributed by atoms with van der Waals surface area (Å²) in [5.74, 6) is 5.00. The molecule has 0 spiro atoms. The Morgan fingerprint density at radius 2 is 1.90 bits per heavy atom. The fourth-order valence-corrected chi connectivity index (χ4v) is 2.46. The van der Waals surface area contributed by atoms with E-state index in [0.717, 1.165) is 30.2 Å². The van der Waals surface area contributed by atoms with E-state index in [4.69, 9.17) is 4.74 Å². The zero-order valence-electron chi connectivity index (χ0n) is 11.7. The van der Waals surface area contributed by atoms with E-state index in [1.165, 1.54) is 0 Å². The third-order valence-electron chi connectivity index (χ3n) is 3.49. The number of esters is 2. The van der Waals surface area contributed by atoms with Crippen molar-refractivity contribution in [3.05, 3.63) is 47.0 Å². The number of unbranched alkanes of at least 4 members (excludes halogenated alkanes) is 2. The topological polar surface area (TPSA) is 43.4 Å². The molecule has 0 radical (unpaired) electrons. The van der Waals surface area contributed by atoms with Crippen LogP contribution in [-0.2, 0) is 4.74 Å². The summed E-state index contributed by atoms with van der Waals surface area (Å²) in [6.07, 6.45) is 3.01. The predicted molar refractivity (Wildman–Crippen MR) is 80.1 cm³/mol. The molecule has 1 aliphatic rings. The summed E-state index contributed by atoms with van der Waals surface area (Å²) in [6.45, 7) is 2.12. The molecule has 0 saturated carbocycles. The third-order valence-corrected chi connectivity index (χ3v) is 3.49. The molecule has 0 N–H and O–H groups in total. The quantitative estimate of drug-likeness (QED) is 0.364. The first-order chi connectivity index (χ1) is 10.2. The van der Waals surface area contributed by atoms with Crippen molar-refractivity contribution in [2.45, 2.75) is 26.2 Å². The summed E-state index contributed by atoms with van der Waals surface area (Å²) >= 11 is 0. The van der Waals surface area contributed by atoms with E-state index in [-0.39, 0.29) is 0 Å². The largest absolute Gasteiger partial charge is 0.386 e. The second kappa shape index (κ2) is 5.41. The molecule has 1 heterocycles. The van der Waals surface area contributed by atoms with E-state index >= 15 is 0 Å². The molecule has 0 bridgehead atoms. The fourth-order valence-electron chi connectivity index (χ4n) is 2.46. The van der Waals surface area contributed by atoms with Crippen LogP contribution in [0.1, 0.15) is 52.5 Å². The summed E-state index contributed by atoms with van der Waals surface area (Å²) in [6, 6.07) is 8.96. The van der Waals surface area contributed by atoms with Crippen LogP contribution < -0.4 is 0 Å². The average Bonchev–Trinajstić information content (AvgIpc) is 2.49. The summed E-state index contributed by atoms with van der Waals surface area (Å²) in [7, 11) is 0. The van der Waals surface area contributed by atoms with Gasteiger partial charge in [0.2, 0.25) is 0 Å². The van der Waals surface area contributed by atoms with Crippen LogP contribution in [0.2, 0.25) is 0 Å². The molecule has 0 unspecified atom stereocenters. The van der Waals surface area contributed by atoms with Gasteiger partial charge in [0.05, 0.1) is 11.1 Å². The van der Waals surface area contributed by atoms with Gasteiger partial charge in [-0.05, 0) is 30.0 Å². The van der Waals surface area contributed by atoms with Gasteiger partial charge in [-0.15, -0.1) is 0 Å². The van der Waals surface area contributed by atoms with Gasteiger partial charge < -0.3 is 4.74 Å². The minimum absolute atomic E-state index is 0.419. The number of ether oxygens (including phenoxy) is 1. The van der Waals surface area contributed by atoms with Gasteiger partial charge in [0.1, 0.15) is 0 Å². The molecule has 21 heavy (non-hydrogen) atoms. The smallest absolute Gasteiger partial charge is 0.346 e. The summed E-state index contributed by atoms with van der Waals surface area (Å²) in [5, 5.41) is 1.51. The normalized spacial score (nSPS) is 12.8. The van der Waals surface area contributed by atoms with Crippen LogP contribution in [0.5, 0.6) is 0 Å². The molecule has 0 amide bonds. The van der Waals surface area contributed by atoms with E-state index in [2.05, 4.69) is 18.8 Å². The summed E-state index contributed by atoms with van der Waals surface area (Å²) in [5.41, 5.74) is 1.63. The first kappa shape index (κ1) is 13.4. The highest BCUT2D eigenvalue weighted by atomic mass is 16.6. The fraction of sp³-hybridized carbons (Fsp3) is 0.222. The van der Waals surface area contributed by atoms with Crippen molar-refractivity contribution in [1.29, 1.82) is 0 Å². The van der Waals surface area contributed by atoms with Gasteiger partial charge in [-0.3, -0.25) is 0 Å². The number of cyclic esters (lactones) is 2. The van der Waals surface area contributed by atoms with Gasteiger partial charge >= 0.3 is 11.9 Å². The highest BCUT2D eigenvalue weighted by Crippen LogP contribution is 2.29. The molecule has 0 atom stereocenters. The molecule has 0 saturated heterocycles. The van der Waals surface area contributed by atoms with Crippen molar-refractivity contribution in [3.63, 3.8) is 0 Å². The number of carbonyl (C=O) groups excluding carboxylic acids is 2. The van der Waals surface area contributed by atoms with E-state index in [1.807, 2.05) is 12.1 Å². The molecule has 0 aromatic heterocycles. The Balaban J connectivity index is 2.14. The molecule has 3 nitrogen and oxygen atoms in total. The van der Waals surface area contributed by atoms with E-state index in [0.29, 0.717) is 16.5 Å². The van der Waals surface area contributed by atoms with Crippen molar-refractivity contribution < 1.29 is 14.3 Å². The van der Waals surface area contributed by atoms with Crippen LogP contribution in [0.3, 0.4) is 0 Å². The van der Waals surface area contributed by atoms with Gasteiger partial charge in [0.25, 0.3) is 0 Å². The minimum atomic E-state index is -0.596. The summed E-state index contributed by atoms with van der Waals surface area (Å²) in [4.78, 5) is 23.7. The maximum atomic E-state index is 11.9. The lowest BCUT2D eigenvalue weighted by molar-refractivity contribution is 0.0391. The molecular weight excluding hydrogens is 264 g/mol. The lowest BCUT2D eigenvalue weighted by Crippen LogP contribution is -2.19. The van der Waals surface area contributed by atoms with Crippen LogP contribution in [-0.4, -0.2) is 11.9 Å². The van der Waals surface area contributed by atoms with Gasteiger partial charge in [-0.2, -0.15) is 0 Å². The molecule has 104 valence electrons. The van der Waals surface area contributed by atoms with Crippen LogP contribution in [0.4, 0.5) is 0 Å². The lowest BCUT2D eigenvalue weighted by atomic mass is 9.95. The maximum absolute atomic E-state index is 11.9. The molecular formula is C18H14O3. The lowest BCUT2D eigenvalue weighted by Gasteiger charge is -2.15. The van der Waals surface area contributed by atoms with E-state index in [9.17, 15) is 9.59 Å². The Morgan fingerprint density at radius 1 is 1.10 bits per heavy atom. The Morgan fingerprint density at radius 3 is 2.71 bits per heavy atom. The highest BCUT2D eigenvalue weighted by Gasteiger charge is 2.27. The molecule has 3 rings (SSSR count). The van der Waals surface area contributed by atoms with Crippen LogP contribution in [0.25, 0.3) is 10.8 Å². The highest BCUT2D eigenvalue weighted by molar-refractivity contribution is 6.20. The molecule has 2 aromatic carbocycles. The van der Waals surface area contributed by atoms with Crippen LogP contribution in [0, 0.1) is 11.8 Å². The van der Waals surface area contributed by atoms with E-state index in [1.54, 1.807) is 18.2 Å². The van der Waals surface area contributed by atoms with Gasteiger partial charge in [-0.25, -0.2) is 9.59 Å². The molecule has 0 fully saturated rings. The van der Waals surface area contributed by atoms with E-state index < -0.39 is 11.9 Å². The van der Waals surface area contributed by atoms with Gasteiger partial charge in [0, 0.05) is 17.4 Å². The Hall–Kier alpha value is -2.60. The second-order valence-electron chi connectivity index (χ2n) is 5.01. The summed E-state index contributed by atoms with van der Waals surface area (Å²) < 4.78 is 4.77. The third kappa shape index (κ3) is 2.41. The van der Waals surface area contributed by atoms with Crippen molar-refractivity contribution in [2.24, 2.45) is 0 Å². The number of carbonyl (C=O) groups is 2.